The number of nitrogens with one attached hydrogen (secondary N) is 1. The number of sulfonamides is 1. The van der Waals surface area contributed by atoms with Crippen LogP contribution < -0.4 is 14.4 Å². The topological polar surface area (TPSA) is 75.7 Å². The summed E-state index contributed by atoms with van der Waals surface area (Å²) in [7, 11) is -1.86. The number of nitrogens with zero attached hydrogens (tertiary/aromatic N) is 1. The Kier molecular flexibility index (Phi) is 6.97. The number of rotatable bonds is 8. The number of para-hydroxylation sites is 2. The zero-order valence-electron chi connectivity index (χ0n) is 17.8. The molecule has 0 saturated heterocycles. The van der Waals surface area contributed by atoms with Crippen molar-refractivity contribution in [3.05, 3.63) is 95.6 Å². The van der Waals surface area contributed by atoms with Crippen molar-refractivity contribution in [1.82, 2.24) is 5.32 Å². The van der Waals surface area contributed by atoms with E-state index in [1.165, 1.54) is 10.6 Å². The van der Waals surface area contributed by atoms with Gasteiger partial charge in [-0.3, -0.25) is 9.10 Å². The van der Waals surface area contributed by atoms with Crippen molar-refractivity contribution in [3.8, 4) is 5.75 Å². The summed E-state index contributed by atoms with van der Waals surface area (Å²) in [5, 5.41) is 2.97. The molecule has 0 fully saturated rings. The smallest absolute Gasteiger partial charge is 0.251 e. The van der Waals surface area contributed by atoms with Crippen molar-refractivity contribution in [2.24, 2.45) is 0 Å². The van der Waals surface area contributed by atoms with Gasteiger partial charge in [0.15, 0.2) is 0 Å². The number of anilines is 1. The molecule has 1 unspecified atom stereocenters. The summed E-state index contributed by atoms with van der Waals surface area (Å²) in [6.07, 6.45) is 1.18. The Balaban J connectivity index is 1.72. The Morgan fingerprint density at radius 3 is 2.19 bits per heavy atom. The zero-order chi connectivity index (χ0) is 22.4. The summed E-state index contributed by atoms with van der Waals surface area (Å²) in [6.45, 7) is 2.08. The van der Waals surface area contributed by atoms with Crippen molar-refractivity contribution in [1.29, 1.82) is 0 Å². The third-order valence-electron chi connectivity index (χ3n) is 4.94. The van der Waals surface area contributed by atoms with E-state index in [2.05, 4.69) is 5.32 Å². The molecule has 0 radical (unpaired) electrons. The van der Waals surface area contributed by atoms with Gasteiger partial charge in [-0.1, -0.05) is 48.5 Å². The van der Waals surface area contributed by atoms with E-state index in [0.717, 1.165) is 11.1 Å². The number of ether oxygens (including phenoxy) is 1. The first-order chi connectivity index (χ1) is 14.8. The third kappa shape index (κ3) is 5.64. The van der Waals surface area contributed by atoms with Crippen LogP contribution in [-0.4, -0.2) is 27.7 Å². The van der Waals surface area contributed by atoms with E-state index in [1.807, 2.05) is 37.3 Å². The van der Waals surface area contributed by atoms with Gasteiger partial charge < -0.3 is 10.1 Å². The highest BCUT2D eigenvalue weighted by molar-refractivity contribution is 7.92. The van der Waals surface area contributed by atoms with Crippen molar-refractivity contribution >= 4 is 21.6 Å². The van der Waals surface area contributed by atoms with Gasteiger partial charge in [-0.05, 0) is 42.8 Å². The molecule has 3 aromatic carbocycles. The first kappa shape index (κ1) is 22.4. The van der Waals surface area contributed by atoms with Crippen LogP contribution in [0, 0.1) is 0 Å². The molecular formula is C24H26N2O4S. The average Bonchev–Trinajstić information content (AvgIpc) is 2.77. The third-order valence-corrected chi connectivity index (χ3v) is 6.08. The van der Waals surface area contributed by atoms with Crippen LogP contribution in [-0.2, 0) is 16.6 Å². The molecule has 0 aliphatic carbocycles. The molecule has 0 saturated carbocycles. The van der Waals surface area contributed by atoms with Gasteiger partial charge in [-0.2, -0.15) is 0 Å². The van der Waals surface area contributed by atoms with Crippen LogP contribution in [0.4, 0.5) is 5.69 Å². The van der Waals surface area contributed by atoms with E-state index in [9.17, 15) is 13.2 Å². The first-order valence-corrected chi connectivity index (χ1v) is 11.7. The van der Waals surface area contributed by atoms with E-state index < -0.39 is 10.0 Å². The first-order valence-electron chi connectivity index (χ1n) is 9.85. The predicted octanol–water partition coefficient (Wildman–Crippen LogP) is 4.15. The maximum absolute atomic E-state index is 12.7. The lowest BCUT2D eigenvalue weighted by Gasteiger charge is -2.22. The number of carbonyl (C=O) groups is 1. The minimum Gasteiger partial charge on any atom is -0.496 e. The Bertz CT molecular complexity index is 1130. The fourth-order valence-corrected chi connectivity index (χ4v) is 4.19. The number of methoxy groups -OCH3 is 1. The molecule has 0 aliphatic rings. The second-order valence-corrected chi connectivity index (χ2v) is 9.15. The molecule has 3 rings (SSSR count). The van der Waals surface area contributed by atoms with Crippen LogP contribution in [0.3, 0.4) is 0 Å². The van der Waals surface area contributed by atoms with Crippen molar-refractivity contribution in [2.75, 3.05) is 17.7 Å². The molecule has 0 aliphatic heterocycles. The van der Waals surface area contributed by atoms with Gasteiger partial charge in [0.25, 0.3) is 5.91 Å². The van der Waals surface area contributed by atoms with Crippen LogP contribution in [0.2, 0.25) is 0 Å². The number of amides is 1. The van der Waals surface area contributed by atoms with Gasteiger partial charge in [0.05, 0.1) is 31.6 Å². The maximum atomic E-state index is 12.7. The summed E-state index contributed by atoms with van der Waals surface area (Å²) < 4.78 is 31.2. The Morgan fingerprint density at radius 1 is 0.968 bits per heavy atom. The van der Waals surface area contributed by atoms with E-state index in [1.54, 1.807) is 55.6 Å². The van der Waals surface area contributed by atoms with E-state index in [-0.39, 0.29) is 18.5 Å². The summed E-state index contributed by atoms with van der Waals surface area (Å²) in [5.74, 6) is 0.500. The molecule has 0 heterocycles. The number of hydrogen-bond acceptors (Lipinski definition) is 4. The molecule has 0 aromatic heterocycles. The van der Waals surface area contributed by atoms with Gasteiger partial charge in [0.1, 0.15) is 5.75 Å². The maximum Gasteiger partial charge on any atom is 0.251 e. The Hall–Kier alpha value is -3.32. The normalized spacial score (nSPS) is 12.1. The summed E-state index contributed by atoms with van der Waals surface area (Å²) in [5.41, 5.74) is 2.76. The lowest BCUT2D eigenvalue weighted by molar-refractivity contribution is 0.0939. The summed E-state index contributed by atoms with van der Waals surface area (Å²) in [6, 6.07) is 23.2. The molecule has 6 nitrogen and oxygen atoms in total. The fraction of sp³-hybridized carbons (Fsp3) is 0.208. The van der Waals surface area contributed by atoms with Crippen molar-refractivity contribution in [2.45, 2.75) is 19.5 Å². The summed E-state index contributed by atoms with van der Waals surface area (Å²) >= 11 is 0. The van der Waals surface area contributed by atoms with Gasteiger partial charge in [0.2, 0.25) is 10.0 Å². The molecule has 0 spiro atoms. The Labute approximate surface area is 183 Å². The van der Waals surface area contributed by atoms with Crippen LogP contribution in [0.5, 0.6) is 5.75 Å². The zero-order valence-corrected chi connectivity index (χ0v) is 18.6. The van der Waals surface area contributed by atoms with Crippen LogP contribution in [0.15, 0.2) is 78.9 Å². The summed E-state index contributed by atoms with van der Waals surface area (Å²) in [4.78, 5) is 12.7. The minimum absolute atomic E-state index is 0.183. The molecule has 1 N–H and O–H groups in total. The molecule has 162 valence electrons. The van der Waals surface area contributed by atoms with Crippen molar-refractivity contribution < 1.29 is 17.9 Å². The van der Waals surface area contributed by atoms with E-state index in [0.29, 0.717) is 17.0 Å². The number of carbonyl (C=O) groups excluding carboxylic acids is 1. The molecule has 1 atom stereocenters. The number of hydrogen-bond donors (Lipinski definition) is 1. The second-order valence-electron chi connectivity index (χ2n) is 7.24. The van der Waals surface area contributed by atoms with Gasteiger partial charge in [-0.15, -0.1) is 0 Å². The minimum atomic E-state index is -3.45. The molecule has 31 heavy (non-hydrogen) atoms. The van der Waals surface area contributed by atoms with E-state index >= 15 is 0 Å². The van der Waals surface area contributed by atoms with Gasteiger partial charge in [-0.25, -0.2) is 8.42 Å². The van der Waals surface area contributed by atoms with E-state index in [4.69, 9.17) is 4.74 Å². The lowest BCUT2D eigenvalue weighted by Crippen LogP contribution is -2.29. The highest BCUT2D eigenvalue weighted by Gasteiger charge is 2.18. The largest absolute Gasteiger partial charge is 0.496 e. The van der Waals surface area contributed by atoms with Crippen LogP contribution in [0.1, 0.15) is 34.5 Å². The predicted molar refractivity (Wildman–Crippen MR) is 123 cm³/mol. The average molecular weight is 439 g/mol. The van der Waals surface area contributed by atoms with Crippen molar-refractivity contribution in [3.63, 3.8) is 0 Å². The van der Waals surface area contributed by atoms with Gasteiger partial charge >= 0.3 is 0 Å². The van der Waals surface area contributed by atoms with Crippen LogP contribution >= 0.6 is 0 Å². The lowest BCUT2D eigenvalue weighted by atomic mass is 10.1. The quantitative estimate of drug-likeness (QED) is 0.573. The second kappa shape index (κ2) is 9.66. The van der Waals surface area contributed by atoms with Gasteiger partial charge in [0, 0.05) is 11.1 Å². The molecule has 7 heteroatoms. The SMILES string of the molecule is COc1ccccc1C(C)NC(=O)c1ccc(CN(c2ccccc2)S(C)(=O)=O)cc1. The molecule has 0 bridgehead atoms. The van der Waals surface area contributed by atoms with Crippen LogP contribution in [0.25, 0.3) is 0 Å². The Morgan fingerprint density at radius 2 is 1.58 bits per heavy atom. The fourth-order valence-electron chi connectivity index (χ4n) is 3.30. The monoisotopic (exact) mass is 438 g/mol. The molecule has 1 amide bonds. The highest BCUT2D eigenvalue weighted by atomic mass is 32.2. The molecular weight excluding hydrogens is 412 g/mol. The number of benzene rings is 3. The highest BCUT2D eigenvalue weighted by Crippen LogP contribution is 2.25. The molecule has 3 aromatic rings. The standard InChI is InChI=1S/C24H26N2O4S/c1-18(22-11-7-8-12-23(22)30-2)25-24(27)20-15-13-19(14-16-20)17-26(31(3,28)29)21-9-5-4-6-10-21/h4-16,18H,17H2,1-3H3,(H,25,27).